The van der Waals surface area contributed by atoms with E-state index in [0.29, 0.717) is 12.8 Å². The van der Waals surface area contributed by atoms with E-state index in [1.54, 1.807) is 11.0 Å². The smallest absolute Gasteiger partial charge is 0.310 e. The Morgan fingerprint density at radius 1 is 1.35 bits per heavy atom. The Hall–Kier alpha value is -2.71. The number of anilines is 1. The quantitative estimate of drug-likeness (QED) is 0.634. The van der Waals surface area contributed by atoms with Crippen LogP contribution >= 0.6 is 0 Å². The minimum atomic E-state index is -1.19. The normalized spacial score (nSPS) is 31.1. The number of para-hydroxylation sites is 1. The number of hydrogen-bond donors (Lipinski definition) is 2. The van der Waals surface area contributed by atoms with E-state index < -0.39 is 41.5 Å². The van der Waals surface area contributed by atoms with Crippen molar-refractivity contribution < 1.29 is 29.3 Å². The molecule has 31 heavy (non-hydrogen) atoms. The van der Waals surface area contributed by atoms with Crippen molar-refractivity contribution in [1.29, 1.82) is 0 Å². The molecule has 0 radical (unpaired) electrons. The first-order valence-electron chi connectivity index (χ1n) is 10.6. The summed E-state index contributed by atoms with van der Waals surface area (Å²) < 4.78 is 6.16. The zero-order valence-electron chi connectivity index (χ0n) is 17.8. The number of aliphatic hydroxyl groups excluding tert-OH is 1. The summed E-state index contributed by atoms with van der Waals surface area (Å²) in [6.45, 7) is 7.46. The first-order chi connectivity index (χ1) is 14.8. The number of carboxylic acids is 1. The van der Waals surface area contributed by atoms with Gasteiger partial charge in [0.05, 0.1) is 24.5 Å². The SMILES string of the molecule is C=CCN(C(=O)C1N(CCO)C(=O)[C@@H]2[C@@H](C(=O)O)[C@H]3CCC12O3)c1c(C)cccc1C. The van der Waals surface area contributed by atoms with Crippen LogP contribution in [0.15, 0.2) is 30.9 Å². The third kappa shape index (κ3) is 3.00. The molecule has 5 atom stereocenters. The summed E-state index contributed by atoms with van der Waals surface area (Å²) in [5.74, 6) is -3.75. The van der Waals surface area contributed by atoms with Crippen molar-refractivity contribution in [3.8, 4) is 0 Å². The van der Waals surface area contributed by atoms with Gasteiger partial charge in [-0.3, -0.25) is 14.4 Å². The Labute approximate surface area is 181 Å². The molecule has 3 heterocycles. The fourth-order valence-corrected chi connectivity index (χ4v) is 5.86. The van der Waals surface area contributed by atoms with Gasteiger partial charge in [-0.2, -0.15) is 0 Å². The maximum atomic E-state index is 14.0. The van der Waals surface area contributed by atoms with Crippen LogP contribution in [0.4, 0.5) is 5.69 Å². The highest BCUT2D eigenvalue weighted by molar-refractivity contribution is 6.05. The molecular formula is C23H28N2O6. The summed E-state index contributed by atoms with van der Waals surface area (Å²) >= 11 is 0. The van der Waals surface area contributed by atoms with Crippen LogP contribution in [-0.2, 0) is 19.1 Å². The molecular weight excluding hydrogens is 400 g/mol. The number of rotatable bonds is 7. The van der Waals surface area contributed by atoms with Crippen molar-refractivity contribution in [2.75, 3.05) is 24.6 Å². The lowest BCUT2D eigenvalue weighted by Crippen LogP contribution is -2.57. The number of likely N-dealkylation sites (tertiary alicyclic amines) is 1. The molecule has 1 aromatic rings. The van der Waals surface area contributed by atoms with Crippen molar-refractivity contribution >= 4 is 23.5 Å². The summed E-state index contributed by atoms with van der Waals surface area (Å²) in [6.07, 6.45) is 1.97. The molecule has 3 aliphatic rings. The van der Waals surface area contributed by atoms with E-state index in [2.05, 4.69) is 6.58 Å². The molecule has 8 heteroatoms. The number of aryl methyl sites for hydroxylation is 2. The number of carbonyl (C=O) groups excluding carboxylic acids is 2. The maximum absolute atomic E-state index is 14.0. The van der Waals surface area contributed by atoms with Crippen molar-refractivity contribution in [3.05, 3.63) is 42.0 Å². The Bertz CT molecular complexity index is 926. The lowest BCUT2D eigenvalue weighted by Gasteiger charge is -2.37. The van der Waals surface area contributed by atoms with Gasteiger partial charge in [-0.15, -0.1) is 6.58 Å². The summed E-state index contributed by atoms with van der Waals surface area (Å²) in [7, 11) is 0. The van der Waals surface area contributed by atoms with E-state index in [9.17, 15) is 24.6 Å². The molecule has 2 N–H and O–H groups in total. The summed E-state index contributed by atoms with van der Waals surface area (Å²) in [4.78, 5) is 42.3. The van der Waals surface area contributed by atoms with Crippen LogP contribution in [0.25, 0.3) is 0 Å². The number of benzene rings is 1. The largest absolute Gasteiger partial charge is 0.481 e. The van der Waals surface area contributed by atoms with E-state index in [-0.39, 0.29) is 25.6 Å². The fourth-order valence-electron chi connectivity index (χ4n) is 5.86. The van der Waals surface area contributed by atoms with Crippen molar-refractivity contribution in [3.63, 3.8) is 0 Å². The van der Waals surface area contributed by atoms with Gasteiger partial charge in [0.1, 0.15) is 11.6 Å². The molecule has 2 amide bonds. The predicted molar refractivity (Wildman–Crippen MR) is 113 cm³/mol. The molecule has 1 spiro atoms. The number of aliphatic carboxylic acids is 1. The average molecular weight is 428 g/mol. The lowest BCUT2D eigenvalue weighted by atomic mass is 9.70. The van der Waals surface area contributed by atoms with E-state index in [1.807, 2.05) is 32.0 Å². The van der Waals surface area contributed by atoms with E-state index >= 15 is 0 Å². The molecule has 2 bridgehead atoms. The number of aliphatic hydroxyl groups is 1. The van der Waals surface area contributed by atoms with E-state index in [1.165, 1.54) is 4.90 Å². The third-order valence-corrected chi connectivity index (χ3v) is 6.95. The topological polar surface area (TPSA) is 107 Å². The molecule has 166 valence electrons. The minimum absolute atomic E-state index is 0.0530. The van der Waals surface area contributed by atoms with Crippen LogP contribution in [0, 0.1) is 25.7 Å². The standard InChI is InChI=1S/C23H28N2O6/c1-4-10-24(18-13(2)6-5-7-14(18)3)21(28)19-23-9-8-15(31-23)16(22(29)30)17(23)20(27)25(19)11-12-26/h4-7,15-17,19,26H,1,8-12H2,2-3H3,(H,29,30)/t15-,16+,17+,19?,23?/m1/s1. The number of carboxylic acid groups (broad SMARTS) is 1. The highest BCUT2D eigenvalue weighted by Gasteiger charge is 2.74. The number of carbonyl (C=O) groups is 3. The van der Waals surface area contributed by atoms with Crippen LogP contribution in [0.2, 0.25) is 0 Å². The lowest BCUT2D eigenvalue weighted by molar-refractivity contribution is -0.149. The van der Waals surface area contributed by atoms with Crippen LogP contribution in [0.3, 0.4) is 0 Å². The highest BCUT2D eigenvalue weighted by atomic mass is 16.5. The van der Waals surface area contributed by atoms with Gasteiger partial charge < -0.3 is 24.7 Å². The zero-order valence-corrected chi connectivity index (χ0v) is 17.8. The minimum Gasteiger partial charge on any atom is -0.481 e. The van der Waals surface area contributed by atoms with Crippen LogP contribution in [-0.4, -0.2) is 70.3 Å². The number of amides is 2. The van der Waals surface area contributed by atoms with Crippen molar-refractivity contribution in [2.24, 2.45) is 11.8 Å². The molecule has 0 saturated carbocycles. The van der Waals surface area contributed by atoms with Gasteiger partial charge >= 0.3 is 5.97 Å². The van der Waals surface area contributed by atoms with Crippen molar-refractivity contribution in [2.45, 2.75) is 44.4 Å². The Morgan fingerprint density at radius 3 is 2.61 bits per heavy atom. The second kappa shape index (κ2) is 7.76. The monoisotopic (exact) mass is 428 g/mol. The van der Waals surface area contributed by atoms with E-state index in [0.717, 1.165) is 16.8 Å². The van der Waals surface area contributed by atoms with Crippen LogP contribution in [0.1, 0.15) is 24.0 Å². The number of β-amino-alcohol motifs (C(OH)–C–C–N with tert-alkyl or cyclic N) is 1. The molecule has 8 nitrogen and oxygen atoms in total. The number of hydrogen-bond acceptors (Lipinski definition) is 5. The Balaban J connectivity index is 1.82. The Kier molecular flexibility index (Phi) is 5.39. The predicted octanol–water partition coefficient (Wildman–Crippen LogP) is 1.27. The van der Waals surface area contributed by atoms with E-state index in [4.69, 9.17) is 4.74 Å². The molecule has 3 fully saturated rings. The third-order valence-electron chi connectivity index (χ3n) is 6.95. The average Bonchev–Trinajstić information content (AvgIpc) is 3.35. The summed E-state index contributed by atoms with van der Waals surface area (Å²) in [5.41, 5.74) is 1.36. The van der Waals surface area contributed by atoms with Crippen LogP contribution in [0.5, 0.6) is 0 Å². The Morgan fingerprint density at radius 2 is 2.03 bits per heavy atom. The zero-order chi connectivity index (χ0) is 22.5. The van der Waals surface area contributed by atoms with Gasteiger partial charge in [0.25, 0.3) is 5.91 Å². The van der Waals surface area contributed by atoms with Gasteiger partial charge in [0.2, 0.25) is 5.91 Å². The maximum Gasteiger partial charge on any atom is 0.310 e. The fraction of sp³-hybridized carbons (Fsp3) is 0.522. The first-order valence-corrected chi connectivity index (χ1v) is 10.6. The van der Waals surface area contributed by atoms with Gasteiger partial charge in [0.15, 0.2) is 0 Å². The molecule has 4 rings (SSSR count). The van der Waals surface area contributed by atoms with Gasteiger partial charge in [-0.1, -0.05) is 24.3 Å². The summed E-state index contributed by atoms with van der Waals surface area (Å²) in [6, 6.07) is 4.74. The van der Waals surface area contributed by atoms with Gasteiger partial charge in [-0.05, 0) is 37.8 Å². The number of nitrogens with zero attached hydrogens (tertiary/aromatic N) is 2. The molecule has 1 aromatic carbocycles. The van der Waals surface area contributed by atoms with Crippen LogP contribution < -0.4 is 4.90 Å². The molecule has 3 saturated heterocycles. The van der Waals surface area contributed by atoms with Crippen molar-refractivity contribution in [1.82, 2.24) is 4.90 Å². The van der Waals surface area contributed by atoms with Gasteiger partial charge in [-0.25, -0.2) is 0 Å². The second-order valence-corrected chi connectivity index (χ2v) is 8.63. The number of fused-ring (bicyclic) bond motifs is 1. The second-order valence-electron chi connectivity index (χ2n) is 8.63. The highest BCUT2D eigenvalue weighted by Crippen LogP contribution is 2.58. The first kappa shape index (κ1) is 21.5. The number of ether oxygens (including phenoxy) is 1. The van der Waals surface area contributed by atoms with Gasteiger partial charge in [0, 0.05) is 18.8 Å². The molecule has 0 aromatic heterocycles. The molecule has 2 unspecified atom stereocenters. The summed E-state index contributed by atoms with van der Waals surface area (Å²) in [5, 5.41) is 19.4. The molecule has 3 aliphatic heterocycles. The molecule has 0 aliphatic carbocycles.